The van der Waals surface area contributed by atoms with E-state index in [1.807, 2.05) is 5.38 Å². The molecule has 0 unspecified atom stereocenters. The largest absolute Gasteiger partial charge is 0.370 e. The van der Waals surface area contributed by atoms with Crippen molar-refractivity contribution in [2.24, 2.45) is 25.8 Å². The van der Waals surface area contributed by atoms with Crippen LogP contribution in [0.2, 0.25) is 0 Å². The van der Waals surface area contributed by atoms with Crippen molar-refractivity contribution in [2.45, 2.75) is 5.75 Å². The molecule has 1 aliphatic rings. The summed E-state index contributed by atoms with van der Waals surface area (Å²) >= 11 is 2.99. The van der Waals surface area contributed by atoms with Gasteiger partial charge < -0.3 is 16.4 Å². The number of aliphatic imine (C=N–C) groups is 2. The van der Waals surface area contributed by atoms with Crippen LogP contribution in [0.4, 0.5) is 5.13 Å². The lowest BCUT2D eigenvalue weighted by molar-refractivity contribution is 0.534. The summed E-state index contributed by atoms with van der Waals surface area (Å²) < 4.78 is 28.7. The van der Waals surface area contributed by atoms with Gasteiger partial charge in [-0.15, -0.1) is 15.7 Å². The molecule has 0 amide bonds. The Morgan fingerprint density at radius 2 is 2.19 bits per heavy atom. The van der Waals surface area contributed by atoms with Gasteiger partial charge in [0.1, 0.15) is 0 Å². The van der Waals surface area contributed by atoms with Crippen LogP contribution in [-0.2, 0) is 16.0 Å². The number of nitrogens with zero attached hydrogens (tertiary/aromatic N) is 6. The third-order valence-electron chi connectivity index (χ3n) is 3.00. The smallest absolute Gasteiger partial charge is 0.350 e. The summed E-state index contributed by atoms with van der Waals surface area (Å²) in [6.45, 7) is 0.443. The summed E-state index contributed by atoms with van der Waals surface area (Å²) in [5.74, 6) is 1.84. The van der Waals surface area contributed by atoms with Gasteiger partial charge in [-0.05, 0) is 0 Å². The highest BCUT2D eigenvalue weighted by Gasteiger charge is 2.28. The molecule has 1 aromatic rings. The Morgan fingerprint density at radius 1 is 1.46 bits per heavy atom. The zero-order valence-electron chi connectivity index (χ0n) is 14.6. The van der Waals surface area contributed by atoms with E-state index in [1.54, 1.807) is 30.8 Å². The van der Waals surface area contributed by atoms with Gasteiger partial charge in [0, 0.05) is 38.0 Å². The fourth-order valence-electron chi connectivity index (χ4n) is 1.73. The number of thioether (sulfide) groups is 1. The van der Waals surface area contributed by atoms with Crippen molar-refractivity contribution in [3.63, 3.8) is 0 Å². The van der Waals surface area contributed by atoms with Crippen molar-refractivity contribution < 1.29 is 8.42 Å². The second-order valence-electron chi connectivity index (χ2n) is 5.30. The van der Waals surface area contributed by atoms with Crippen molar-refractivity contribution in [2.75, 3.05) is 33.4 Å². The summed E-state index contributed by atoms with van der Waals surface area (Å²) in [6.07, 6.45) is 0. The Hall–Kier alpha value is -2.06. The van der Waals surface area contributed by atoms with Crippen LogP contribution in [0.1, 0.15) is 5.69 Å². The molecule has 1 aliphatic heterocycles. The molecule has 0 atom stereocenters. The van der Waals surface area contributed by atoms with Crippen LogP contribution in [-0.4, -0.2) is 73.9 Å². The van der Waals surface area contributed by atoms with E-state index in [9.17, 15) is 8.42 Å². The first-order chi connectivity index (χ1) is 12.2. The van der Waals surface area contributed by atoms with Gasteiger partial charge in [0.05, 0.1) is 12.2 Å². The molecular weight excluding hydrogens is 398 g/mol. The number of aromatic nitrogens is 1. The lowest BCUT2D eigenvalue weighted by atomic mass is 10.6. The van der Waals surface area contributed by atoms with Crippen molar-refractivity contribution in [1.82, 2.24) is 19.5 Å². The Balaban J connectivity index is 1.87. The SMILES string of the molecule is CN(C)C1=NS(=O)(=O)N(C)C(=NCCSCc2csc(N=C(N)N)n2)N1. The van der Waals surface area contributed by atoms with Crippen LogP contribution in [0, 0.1) is 0 Å². The normalized spacial score (nSPS) is 17.6. The van der Waals surface area contributed by atoms with Crippen molar-refractivity contribution in [1.29, 1.82) is 0 Å². The number of rotatable bonds is 6. The van der Waals surface area contributed by atoms with Gasteiger partial charge in [-0.3, -0.25) is 10.3 Å². The Labute approximate surface area is 160 Å². The molecule has 2 heterocycles. The minimum Gasteiger partial charge on any atom is -0.370 e. The molecule has 0 saturated carbocycles. The van der Waals surface area contributed by atoms with E-state index in [0.29, 0.717) is 23.2 Å². The van der Waals surface area contributed by atoms with E-state index in [0.717, 1.165) is 10.00 Å². The average Bonchev–Trinajstić information content (AvgIpc) is 2.97. The predicted molar refractivity (Wildman–Crippen MR) is 107 cm³/mol. The maximum atomic E-state index is 12.0. The van der Waals surface area contributed by atoms with Crippen molar-refractivity contribution in [3.8, 4) is 0 Å². The lowest BCUT2D eigenvalue weighted by Gasteiger charge is -2.28. The standard InChI is InChI=1S/C12H21N9O2S3/c1-20(2)11-18-10(21(3)26(22,23)19-11)15-4-5-24-6-8-7-25-12(16-8)17-9(13)14/h7H,4-6H2,1-3H3,(H,15,18,19)(H4,13,14,16,17). The van der Waals surface area contributed by atoms with E-state index in [1.165, 1.54) is 18.4 Å². The van der Waals surface area contributed by atoms with Crippen molar-refractivity contribution >= 4 is 56.3 Å². The van der Waals surface area contributed by atoms with Gasteiger partial charge in [0.25, 0.3) is 0 Å². The number of guanidine groups is 3. The first-order valence-electron chi connectivity index (χ1n) is 7.38. The monoisotopic (exact) mass is 419 g/mol. The van der Waals surface area contributed by atoms with Crippen LogP contribution in [0.15, 0.2) is 19.8 Å². The highest BCUT2D eigenvalue weighted by Crippen LogP contribution is 2.21. The van der Waals surface area contributed by atoms with E-state index in [2.05, 4.69) is 24.7 Å². The van der Waals surface area contributed by atoms with Crippen LogP contribution >= 0.6 is 23.1 Å². The molecule has 0 radical (unpaired) electrons. The number of hydrogen-bond acceptors (Lipinski definition) is 8. The summed E-state index contributed by atoms with van der Waals surface area (Å²) in [7, 11) is 1.05. The molecule has 0 spiro atoms. The topological polar surface area (TPSA) is 155 Å². The average molecular weight is 420 g/mol. The lowest BCUT2D eigenvalue weighted by Crippen LogP contribution is -2.53. The molecule has 0 aliphatic carbocycles. The van der Waals surface area contributed by atoms with E-state index in [-0.39, 0.29) is 17.9 Å². The van der Waals surface area contributed by atoms with Gasteiger partial charge in [-0.2, -0.15) is 25.2 Å². The highest BCUT2D eigenvalue weighted by molar-refractivity contribution is 7.98. The number of thiazole rings is 1. The molecular formula is C12H21N9O2S3. The Morgan fingerprint density at radius 3 is 2.85 bits per heavy atom. The van der Waals surface area contributed by atoms with Crippen LogP contribution in [0.5, 0.6) is 0 Å². The number of nitrogens with two attached hydrogens (primary N) is 2. The fraction of sp³-hybridized carbons (Fsp3) is 0.500. The molecule has 0 aromatic carbocycles. The quantitative estimate of drug-likeness (QED) is 0.312. The summed E-state index contributed by atoms with van der Waals surface area (Å²) in [4.78, 5) is 14.1. The van der Waals surface area contributed by atoms with Crippen molar-refractivity contribution in [3.05, 3.63) is 11.1 Å². The van der Waals surface area contributed by atoms with Crippen LogP contribution in [0.25, 0.3) is 0 Å². The minimum atomic E-state index is -3.76. The molecule has 0 fully saturated rings. The van der Waals surface area contributed by atoms with E-state index in [4.69, 9.17) is 11.5 Å². The maximum Gasteiger partial charge on any atom is 0.350 e. The second kappa shape index (κ2) is 8.55. The molecule has 144 valence electrons. The molecule has 0 saturated heterocycles. The van der Waals surface area contributed by atoms with Gasteiger partial charge in [-0.25, -0.2) is 9.29 Å². The van der Waals surface area contributed by atoms with Gasteiger partial charge in [0.15, 0.2) is 5.96 Å². The molecule has 2 rings (SSSR count). The third-order valence-corrected chi connectivity index (χ3v) is 6.03. The minimum absolute atomic E-state index is 0.0194. The summed E-state index contributed by atoms with van der Waals surface area (Å²) in [5.41, 5.74) is 11.5. The summed E-state index contributed by atoms with van der Waals surface area (Å²) in [6, 6.07) is 0. The van der Waals surface area contributed by atoms with Crippen LogP contribution in [0.3, 0.4) is 0 Å². The first-order valence-corrected chi connectivity index (χ1v) is 10.8. The molecule has 0 bridgehead atoms. The first kappa shape index (κ1) is 20.3. The zero-order chi connectivity index (χ0) is 19.3. The molecule has 5 N–H and O–H groups in total. The summed E-state index contributed by atoms with van der Waals surface area (Å²) in [5, 5.41) is 5.32. The highest BCUT2D eigenvalue weighted by atomic mass is 32.2. The Kier molecular flexibility index (Phi) is 6.66. The van der Waals surface area contributed by atoms with Crippen LogP contribution < -0.4 is 16.8 Å². The Bertz CT molecular complexity index is 825. The molecule has 14 heteroatoms. The van der Waals surface area contributed by atoms with Gasteiger partial charge in [-0.1, -0.05) is 0 Å². The number of hydrogen-bond donors (Lipinski definition) is 3. The maximum absolute atomic E-state index is 12.0. The third kappa shape index (κ3) is 5.47. The predicted octanol–water partition coefficient (Wildman–Crippen LogP) is -0.665. The second-order valence-corrected chi connectivity index (χ2v) is 8.86. The van der Waals surface area contributed by atoms with E-state index >= 15 is 0 Å². The molecule has 26 heavy (non-hydrogen) atoms. The van der Waals surface area contributed by atoms with Gasteiger partial charge in [0.2, 0.25) is 17.1 Å². The zero-order valence-corrected chi connectivity index (χ0v) is 17.0. The van der Waals surface area contributed by atoms with Gasteiger partial charge >= 0.3 is 10.2 Å². The number of nitrogens with one attached hydrogen (secondary N) is 1. The van der Waals surface area contributed by atoms with E-state index < -0.39 is 10.2 Å². The molecule has 11 nitrogen and oxygen atoms in total. The fourth-order valence-corrected chi connectivity index (χ4v) is 4.14. The molecule has 1 aromatic heterocycles.